The molecule has 0 aliphatic heterocycles. The normalized spacial score (nSPS) is 13.0. The van der Waals surface area contributed by atoms with Gasteiger partial charge in [-0.05, 0) is 31.8 Å². The third kappa shape index (κ3) is 2.12. The van der Waals surface area contributed by atoms with E-state index in [4.69, 9.17) is 0 Å². The first-order valence-electron chi connectivity index (χ1n) is 4.88. The maximum atomic E-state index is 4.65. The van der Waals surface area contributed by atoms with Gasteiger partial charge in [-0.1, -0.05) is 0 Å². The molecule has 0 spiro atoms. The van der Waals surface area contributed by atoms with Crippen LogP contribution >= 0.6 is 22.7 Å². The quantitative estimate of drug-likeness (QED) is 0.885. The van der Waals surface area contributed by atoms with Crippen LogP contribution in [0.4, 0.5) is 0 Å². The summed E-state index contributed by atoms with van der Waals surface area (Å²) in [6.07, 6.45) is 0. The van der Waals surface area contributed by atoms with Crippen molar-refractivity contribution in [3.63, 3.8) is 0 Å². The maximum absolute atomic E-state index is 4.65. The molecule has 0 aliphatic rings. The highest BCUT2D eigenvalue weighted by molar-refractivity contribution is 7.14. The van der Waals surface area contributed by atoms with Crippen molar-refractivity contribution < 1.29 is 0 Å². The van der Waals surface area contributed by atoms with E-state index in [1.165, 1.54) is 11.1 Å². The molecule has 0 aromatic carbocycles. The fraction of sp³-hybridized carbons (Fsp3) is 0.364. The molecule has 1 unspecified atom stereocenters. The van der Waals surface area contributed by atoms with Crippen molar-refractivity contribution in [3.05, 3.63) is 27.4 Å². The molecule has 0 bridgehead atoms. The first-order chi connectivity index (χ1) is 7.22. The van der Waals surface area contributed by atoms with Crippen molar-refractivity contribution in [1.82, 2.24) is 10.3 Å². The van der Waals surface area contributed by atoms with Crippen LogP contribution in [0.2, 0.25) is 0 Å². The van der Waals surface area contributed by atoms with E-state index >= 15 is 0 Å². The minimum absolute atomic E-state index is 0.328. The number of thiophene rings is 1. The Balaban J connectivity index is 2.32. The van der Waals surface area contributed by atoms with Gasteiger partial charge in [-0.2, -0.15) is 11.3 Å². The smallest absolute Gasteiger partial charge is 0.124 e. The van der Waals surface area contributed by atoms with Crippen molar-refractivity contribution >= 4 is 22.7 Å². The third-order valence-corrected chi connectivity index (χ3v) is 4.24. The first kappa shape index (κ1) is 10.8. The number of hydrogen-bond donors (Lipinski definition) is 1. The van der Waals surface area contributed by atoms with Gasteiger partial charge in [0.05, 0.1) is 5.69 Å². The van der Waals surface area contributed by atoms with E-state index in [1.54, 1.807) is 22.7 Å². The van der Waals surface area contributed by atoms with Gasteiger partial charge in [-0.15, -0.1) is 11.3 Å². The van der Waals surface area contributed by atoms with E-state index < -0.39 is 0 Å². The molecule has 0 saturated carbocycles. The minimum Gasteiger partial charge on any atom is -0.312 e. The lowest BCUT2D eigenvalue weighted by Gasteiger charge is -2.04. The predicted molar refractivity (Wildman–Crippen MR) is 67.6 cm³/mol. The number of aromatic nitrogens is 1. The molecule has 0 aliphatic carbocycles. The topological polar surface area (TPSA) is 24.9 Å². The number of nitrogens with one attached hydrogen (secondary N) is 1. The van der Waals surface area contributed by atoms with Gasteiger partial charge in [0, 0.05) is 22.4 Å². The second-order valence-electron chi connectivity index (χ2n) is 3.56. The summed E-state index contributed by atoms with van der Waals surface area (Å²) in [4.78, 5) is 4.65. The van der Waals surface area contributed by atoms with Crippen LogP contribution in [0.25, 0.3) is 10.6 Å². The summed E-state index contributed by atoms with van der Waals surface area (Å²) in [5.41, 5.74) is 3.72. The number of thiazole rings is 1. The Morgan fingerprint density at radius 3 is 2.73 bits per heavy atom. The zero-order chi connectivity index (χ0) is 10.8. The summed E-state index contributed by atoms with van der Waals surface area (Å²) >= 11 is 3.46. The maximum Gasteiger partial charge on any atom is 0.124 e. The molecule has 2 aromatic heterocycles. The molecule has 1 atom stereocenters. The van der Waals surface area contributed by atoms with E-state index in [0.29, 0.717) is 6.04 Å². The second kappa shape index (κ2) is 4.43. The molecule has 0 amide bonds. The Kier molecular flexibility index (Phi) is 3.19. The SMILES string of the molecule is CNC(C)c1csc(-c2cscc2C)n1. The highest BCUT2D eigenvalue weighted by atomic mass is 32.1. The van der Waals surface area contributed by atoms with Gasteiger partial charge in [0.15, 0.2) is 0 Å². The van der Waals surface area contributed by atoms with Gasteiger partial charge < -0.3 is 5.32 Å². The van der Waals surface area contributed by atoms with Gasteiger partial charge in [0.1, 0.15) is 5.01 Å². The average molecular weight is 238 g/mol. The molecule has 0 radical (unpaired) electrons. The van der Waals surface area contributed by atoms with E-state index in [2.05, 4.69) is 40.3 Å². The fourth-order valence-corrected chi connectivity index (χ4v) is 3.24. The molecule has 0 fully saturated rings. The highest BCUT2D eigenvalue weighted by Crippen LogP contribution is 2.30. The number of nitrogens with zero attached hydrogens (tertiary/aromatic N) is 1. The van der Waals surface area contributed by atoms with Crippen molar-refractivity contribution in [2.45, 2.75) is 19.9 Å². The molecule has 80 valence electrons. The summed E-state index contributed by atoms with van der Waals surface area (Å²) in [5.74, 6) is 0. The van der Waals surface area contributed by atoms with Crippen molar-refractivity contribution in [3.8, 4) is 10.6 Å². The summed E-state index contributed by atoms with van der Waals surface area (Å²) in [5, 5.41) is 10.8. The monoisotopic (exact) mass is 238 g/mol. The molecule has 2 aromatic rings. The zero-order valence-corrected chi connectivity index (χ0v) is 10.7. The number of aryl methyl sites for hydroxylation is 1. The van der Waals surface area contributed by atoms with E-state index in [0.717, 1.165) is 10.7 Å². The summed E-state index contributed by atoms with van der Waals surface area (Å²) in [6.45, 7) is 4.26. The Labute approximate surface area is 98.0 Å². The molecule has 2 heterocycles. The van der Waals surface area contributed by atoms with Crippen LogP contribution < -0.4 is 5.32 Å². The van der Waals surface area contributed by atoms with E-state index in [1.807, 2.05) is 7.05 Å². The number of rotatable bonds is 3. The standard InChI is InChI=1S/C11H14N2S2/c1-7-4-14-5-9(7)11-13-10(6-15-11)8(2)12-3/h4-6,8,12H,1-3H3. The van der Waals surface area contributed by atoms with Crippen molar-refractivity contribution in [2.24, 2.45) is 0 Å². The van der Waals surface area contributed by atoms with Gasteiger partial charge in [-0.3, -0.25) is 0 Å². The van der Waals surface area contributed by atoms with Crippen LogP contribution in [0.3, 0.4) is 0 Å². The fourth-order valence-electron chi connectivity index (χ4n) is 1.34. The van der Waals surface area contributed by atoms with Gasteiger partial charge in [-0.25, -0.2) is 4.98 Å². The molecule has 15 heavy (non-hydrogen) atoms. The lowest BCUT2D eigenvalue weighted by molar-refractivity contribution is 0.637. The first-order valence-corrected chi connectivity index (χ1v) is 6.70. The molecule has 0 saturated heterocycles. The van der Waals surface area contributed by atoms with Crippen LogP contribution in [-0.2, 0) is 0 Å². The summed E-state index contributed by atoms with van der Waals surface area (Å²) in [7, 11) is 1.96. The van der Waals surface area contributed by atoms with Gasteiger partial charge in [0.25, 0.3) is 0 Å². The molecular weight excluding hydrogens is 224 g/mol. The Bertz CT molecular complexity index is 445. The second-order valence-corrected chi connectivity index (χ2v) is 5.16. The van der Waals surface area contributed by atoms with Crippen molar-refractivity contribution in [1.29, 1.82) is 0 Å². The molecule has 4 heteroatoms. The zero-order valence-electron chi connectivity index (χ0n) is 9.07. The summed E-state index contributed by atoms with van der Waals surface area (Å²) in [6, 6.07) is 0.328. The van der Waals surface area contributed by atoms with Crippen LogP contribution in [-0.4, -0.2) is 12.0 Å². The Morgan fingerprint density at radius 1 is 1.33 bits per heavy atom. The third-order valence-electron chi connectivity index (χ3n) is 2.48. The van der Waals surface area contributed by atoms with Crippen LogP contribution in [0.1, 0.15) is 24.2 Å². The molecular formula is C11H14N2S2. The lowest BCUT2D eigenvalue weighted by Crippen LogP contribution is -2.12. The minimum atomic E-state index is 0.328. The van der Waals surface area contributed by atoms with Gasteiger partial charge in [0.2, 0.25) is 0 Å². The molecule has 2 nitrogen and oxygen atoms in total. The predicted octanol–water partition coefficient (Wildman–Crippen LogP) is 3.46. The molecule has 1 N–H and O–H groups in total. The Hall–Kier alpha value is -0.710. The largest absolute Gasteiger partial charge is 0.312 e. The Morgan fingerprint density at radius 2 is 2.13 bits per heavy atom. The van der Waals surface area contributed by atoms with Crippen molar-refractivity contribution in [2.75, 3.05) is 7.05 Å². The summed E-state index contributed by atoms with van der Waals surface area (Å²) < 4.78 is 0. The number of hydrogen-bond acceptors (Lipinski definition) is 4. The van der Waals surface area contributed by atoms with E-state index in [-0.39, 0.29) is 0 Å². The van der Waals surface area contributed by atoms with Crippen LogP contribution in [0, 0.1) is 6.92 Å². The highest BCUT2D eigenvalue weighted by Gasteiger charge is 2.11. The molecule has 2 rings (SSSR count). The average Bonchev–Trinajstić information content (AvgIpc) is 2.84. The lowest BCUT2D eigenvalue weighted by atomic mass is 10.2. The van der Waals surface area contributed by atoms with Crippen LogP contribution in [0.5, 0.6) is 0 Å². The van der Waals surface area contributed by atoms with Gasteiger partial charge >= 0.3 is 0 Å². The van der Waals surface area contributed by atoms with E-state index in [9.17, 15) is 0 Å². The van der Waals surface area contributed by atoms with Crippen LogP contribution in [0.15, 0.2) is 16.1 Å².